The highest BCUT2D eigenvalue weighted by Gasteiger charge is 2.23. The zero-order valence-electron chi connectivity index (χ0n) is 10.5. The maximum atomic E-state index is 11.7. The highest BCUT2D eigenvalue weighted by molar-refractivity contribution is 6.31. The predicted octanol–water partition coefficient (Wildman–Crippen LogP) is 1.70. The highest BCUT2D eigenvalue weighted by Crippen LogP contribution is 2.19. The molecule has 0 spiro atoms. The predicted molar refractivity (Wildman–Crippen MR) is 72.0 cm³/mol. The first kappa shape index (κ1) is 15.8. The van der Waals surface area contributed by atoms with Crippen LogP contribution in [0.15, 0.2) is 18.2 Å². The van der Waals surface area contributed by atoms with Crippen molar-refractivity contribution in [2.75, 3.05) is 5.32 Å². The van der Waals surface area contributed by atoms with E-state index in [1.165, 1.54) is 6.07 Å². The standard InChI is InChI=1S/C12H13ClN2O5/c1-6-2-3-7(13)4-8(6)14-12(20)15-9(11(18)19)5-10(16)17/h2-4,9H,5H2,1H3,(H,16,17)(H,18,19)(H2,14,15,20)/t9-/m1/s1. The smallest absolute Gasteiger partial charge is 0.326 e. The molecule has 0 aliphatic heterocycles. The number of nitrogens with one attached hydrogen (secondary N) is 2. The maximum Gasteiger partial charge on any atom is 0.326 e. The molecule has 0 bridgehead atoms. The van der Waals surface area contributed by atoms with Gasteiger partial charge in [-0.05, 0) is 24.6 Å². The van der Waals surface area contributed by atoms with Crippen molar-refractivity contribution in [2.24, 2.45) is 0 Å². The van der Waals surface area contributed by atoms with E-state index in [9.17, 15) is 14.4 Å². The van der Waals surface area contributed by atoms with E-state index in [4.69, 9.17) is 21.8 Å². The third kappa shape index (κ3) is 4.77. The van der Waals surface area contributed by atoms with Crippen LogP contribution < -0.4 is 10.6 Å². The Labute approximate surface area is 119 Å². The number of aliphatic carboxylic acids is 2. The van der Waals surface area contributed by atoms with Gasteiger partial charge < -0.3 is 20.8 Å². The van der Waals surface area contributed by atoms with Gasteiger partial charge in [0.2, 0.25) is 0 Å². The Kier molecular flexibility index (Phi) is 5.33. The molecule has 1 atom stereocenters. The van der Waals surface area contributed by atoms with Crippen LogP contribution in [0.1, 0.15) is 12.0 Å². The van der Waals surface area contributed by atoms with Crippen molar-refractivity contribution in [3.05, 3.63) is 28.8 Å². The van der Waals surface area contributed by atoms with Crippen molar-refractivity contribution < 1.29 is 24.6 Å². The molecule has 0 radical (unpaired) electrons. The number of aryl methyl sites for hydroxylation is 1. The number of rotatable bonds is 5. The fourth-order valence-electron chi connectivity index (χ4n) is 1.42. The second-order valence-electron chi connectivity index (χ2n) is 4.05. The molecule has 0 aliphatic rings. The van der Waals surface area contributed by atoms with Gasteiger partial charge in [0.1, 0.15) is 6.04 Å². The van der Waals surface area contributed by atoms with Crippen molar-refractivity contribution in [1.29, 1.82) is 0 Å². The SMILES string of the molecule is Cc1ccc(Cl)cc1NC(=O)N[C@H](CC(=O)O)C(=O)O. The number of carbonyl (C=O) groups excluding carboxylic acids is 1. The van der Waals surface area contributed by atoms with Gasteiger partial charge >= 0.3 is 18.0 Å². The third-order valence-corrected chi connectivity index (χ3v) is 2.67. The number of anilines is 1. The van der Waals surface area contributed by atoms with Crippen LogP contribution in [0.25, 0.3) is 0 Å². The van der Waals surface area contributed by atoms with Crippen LogP contribution in [0.3, 0.4) is 0 Å². The Balaban J connectivity index is 2.72. The lowest BCUT2D eigenvalue weighted by molar-refractivity contribution is -0.145. The van der Waals surface area contributed by atoms with E-state index in [0.717, 1.165) is 5.56 Å². The summed E-state index contributed by atoms with van der Waals surface area (Å²) in [7, 11) is 0. The molecular weight excluding hydrogens is 288 g/mol. The molecule has 108 valence electrons. The second-order valence-corrected chi connectivity index (χ2v) is 4.48. The van der Waals surface area contributed by atoms with Crippen LogP contribution in [0.5, 0.6) is 0 Å². The van der Waals surface area contributed by atoms with Crippen LogP contribution in [-0.4, -0.2) is 34.2 Å². The minimum absolute atomic E-state index is 0.409. The third-order valence-electron chi connectivity index (χ3n) is 2.43. The number of hydrogen-bond donors (Lipinski definition) is 4. The number of carboxylic acid groups (broad SMARTS) is 2. The number of amides is 2. The van der Waals surface area contributed by atoms with Crippen LogP contribution in [-0.2, 0) is 9.59 Å². The summed E-state index contributed by atoms with van der Waals surface area (Å²) in [6.07, 6.45) is -0.711. The van der Waals surface area contributed by atoms with Crippen LogP contribution in [0.2, 0.25) is 5.02 Å². The molecule has 0 aromatic heterocycles. The molecule has 0 fully saturated rings. The van der Waals surface area contributed by atoms with Gasteiger partial charge in [0.25, 0.3) is 0 Å². The Morgan fingerprint density at radius 1 is 1.30 bits per heavy atom. The molecule has 1 aromatic rings. The number of carbonyl (C=O) groups is 3. The average molecular weight is 301 g/mol. The molecule has 7 nitrogen and oxygen atoms in total. The van der Waals surface area contributed by atoms with E-state index in [-0.39, 0.29) is 0 Å². The number of hydrogen-bond acceptors (Lipinski definition) is 3. The van der Waals surface area contributed by atoms with Gasteiger partial charge in [0.05, 0.1) is 6.42 Å². The summed E-state index contributed by atoms with van der Waals surface area (Å²) < 4.78 is 0. The zero-order valence-corrected chi connectivity index (χ0v) is 11.3. The van der Waals surface area contributed by atoms with Crippen molar-refractivity contribution in [1.82, 2.24) is 5.32 Å². The lowest BCUT2D eigenvalue weighted by Gasteiger charge is -2.14. The normalized spacial score (nSPS) is 11.5. The van der Waals surface area contributed by atoms with Gasteiger partial charge in [-0.3, -0.25) is 4.79 Å². The summed E-state index contributed by atoms with van der Waals surface area (Å²) in [4.78, 5) is 33.0. The van der Waals surface area contributed by atoms with Gasteiger partial charge in [-0.1, -0.05) is 17.7 Å². The minimum Gasteiger partial charge on any atom is -0.481 e. The van der Waals surface area contributed by atoms with Crippen LogP contribution in [0, 0.1) is 6.92 Å². The molecule has 1 aromatic carbocycles. The molecule has 0 aliphatic carbocycles. The van der Waals surface area contributed by atoms with E-state index < -0.39 is 30.4 Å². The monoisotopic (exact) mass is 300 g/mol. The topological polar surface area (TPSA) is 116 Å². The molecule has 0 saturated carbocycles. The zero-order chi connectivity index (χ0) is 15.3. The second kappa shape index (κ2) is 6.76. The van der Waals surface area contributed by atoms with Crippen molar-refractivity contribution in [2.45, 2.75) is 19.4 Å². The summed E-state index contributed by atoms with van der Waals surface area (Å²) in [5, 5.41) is 22.3. The summed E-state index contributed by atoms with van der Waals surface area (Å²) in [5.41, 5.74) is 1.14. The molecule has 20 heavy (non-hydrogen) atoms. The van der Waals surface area contributed by atoms with Gasteiger partial charge in [0, 0.05) is 10.7 Å². The van der Waals surface area contributed by atoms with E-state index in [0.29, 0.717) is 10.7 Å². The first-order valence-corrected chi connectivity index (χ1v) is 5.95. The molecule has 0 saturated heterocycles. The van der Waals surface area contributed by atoms with Gasteiger partial charge in [-0.25, -0.2) is 9.59 Å². The maximum absolute atomic E-state index is 11.7. The first-order chi connectivity index (χ1) is 9.29. The number of carboxylic acids is 2. The number of urea groups is 1. The molecular formula is C12H13ClN2O5. The molecule has 4 N–H and O–H groups in total. The highest BCUT2D eigenvalue weighted by atomic mass is 35.5. The Hall–Kier alpha value is -2.28. The van der Waals surface area contributed by atoms with Crippen molar-refractivity contribution in [3.8, 4) is 0 Å². The van der Waals surface area contributed by atoms with Crippen molar-refractivity contribution >= 4 is 35.3 Å². The Morgan fingerprint density at radius 2 is 1.95 bits per heavy atom. The van der Waals surface area contributed by atoms with Crippen LogP contribution >= 0.6 is 11.6 Å². The molecule has 1 rings (SSSR count). The molecule has 0 heterocycles. The van der Waals surface area contributed by atoms with Crippen LogP contribution in [0.4, 0.5) is 10.5 Å². The van der Waals surface area contributed by atoms with E-state index in [1.54, 1.807) is 19.1 Å². The summed E-state index contributed by atoms with van der Waals surface area (Å²) >= 11 is 5.78. The first-order valence-electron chi connectivity index (χ1n) is 5.58. The Bertz CT molecular complexity index is 547. The summed E-state index contributed by atoms with van der Waals surface area (Å²) in [6.45, 7) is 1.73. The van der Waals surface area contributed by atoms with Gasteiger partial charge in [0.15, 0.2) is 0 Å². The summed E-state index contributed by atoms with van der Waals surface area (Å²) in [6, 6.07) is 2.51. The average Bonchev–Trinajstić information content (AvgIpc) is 2.32. The Morgan fingerprint density at radius 3 is 2.50 bits per heavy atom. The van der Waals surface area contributed by atoms with E-state index >= 15 is 0 Å². The number of halogens is 1. The molecule has 0 unspecified atom stereocenters. The fourth-order valence-corrected chi connectivity index (χ4v) is 1.59. The molecule has 2 amide bonds. The largest absolute Gasteiger partial charge is 0.481 e. The van der Waals surface area contributed by atoms with Gasteiger partial charge in [-0.15, -0.1) is 0 Å². The van der Waals surface area contributed by atoms with Gasteiger partial charge in [-0.2, -0.15) is 0 Å². The van der Waals surface area contributed by atoms with E-state index in [1.807, 2.05) is 0 Å². The fraction of sp³-hybridized carbons (Fsp3) is 0.250. The minimum atomic E-state index is -1.51. The molecule has 8 heteroatoms. The lowest BCUT2D eigenvalue weighted by atomic mass is 10.2. The number of benzene rings is 1. The lowest BCUT2D eigenvalue weighted by Crippen LogP contribution is -2.44. The summed E-state index contributed by atoms with van der Waals surface area (Å²) in [5.74, 6) is -2.75. The van der Waals surface area contributed by atoms with Crippen molar-refractivity contribution in [3.63, 3.8) is 0 Å². The quantitative estimate of drug-likeness (QED) is 0.660. The van der Waals surface area contributed by atoms with E-state index in [2.05, 4.69) is 10.6 Å².